The molecule has 0 N–H and O–H groups in total. The highest BCUT2D eigenvalue weighted by Crippen LogP contribution is 2.36. The number of ether oxygens (including phenoxy) is 4. The van der Waals surface area contributed by atoms with E-state index in [1.807, 2.05) is 0 Å². The minimum Gasteiger partial charge on any atom is -0.348 e. The molecule has 6 heteroatoms. The van der Waals surface area contributed by atoms with Crippen molar-refractivity contribution >= 4 is 11.4 Å². The summed E-state index contributed by atoms with van der Waals surface area (Å²) in [6, 6.07) is 0. The Bertz CT molecular complexity index is 409. The second-order valence-corrected chi connectivity index (χ2v) is 6.55. The van der Waals surface area contributed by atoms with Crippen LogP contribution in [0.5, 0.6) is 0 Å². The Morgan fingerprint density at radius 1 is 0.545 bits per heavy atom. The highest BCUT2D eigenvalue weighted by molar-refractivity contribution is 5.88. The van der Waals surface area contributed by atoms with Crippen molar-refractivity contribution in [3.05, 3.63) is 0 Å². The van der Waals surface area contributed by atoms with Crippen LogP contribution in [0.1, 0.15) is 51.4 Å². The van der Waals surface area contributed by atoms with Gasteiger partial charge in [-0.2, -0.15) is 10.2 Å². The Morgan fingerprint density at radius 3 is 1.18 bits per heavy atom. The van der Waals surface area contributed by atoms with Crippen LogP contribution in [0.4, 0.5) is 0 Å². The van der Waals surface area contributed by atoms with E-state index in [1.54, 1.807) is 0 Å². The summed E-state index contributed by atoms with van der Waals surface area (Å²) >= 11 is 0. The normalized spacial score (nSPS) is 30.2. The van der Waals surface area contributed by atoms with Gasteiger partial charge in [0, 0.05) is 37.1 Å². The van der Waals surface area contributed by atoms with Crippen LogP contribution in [-0.4, -0.2) is 49.4 Å². The zero-order valence-corrected chi connectivity index (χ0v) is 13.0. The Hall–Kier alpha value is -0.820. The molecule has 4 rings (SSSR count). The number of rotatable bonds is 1. The summed E-state index contributed by atoms with van der Waals surface area (Å²) in [6.07, 6.45) is 7.31. The van der Waals surface area contributed by atoms with Crippen LogP contribution in [0, 0.1) is 0 Å². The van der Waals surface area contributed by atoms with Crippen molar-refractivity contribution in [2.45, 2.75) is 62.9 Å². The first kappa shape index (κ1) is 14.8. The summed E-state index contributed by atoms with van der Waals surface area (Å²) in [5.74, 6) is -0.638. The van der Waals surface area contributed by atoms with Gasteiger partial charge in [-0.25, -0.2) is 0 Å². The average Bonchev–Trinajstić information content (AvgIpc) is 3.19. The van der Waals surface area contributed by atoms with E-state index >= 15 is 0 Å². The first-order valence-electron chi connectivity index (χ1n) is 8.45. The second kappa shape index (κ2) is 6.00. The molecule has 2 saturated heterocycles. The maximum atomic E-state index is 5.74. The van der Waals surface area contributed by atoms with Crippen molar-refractivity contribution < 1.29 is 18.9 Å². The molecule has 0 radical (unpaired) electrons. The van der Waals surface area contributed by atoms with E-state index in [0.29, 0.717) is 0 Å². The standard InChI is InChI=1S/C16H24N2O4/c1-5-15(19-9-10-20-15)6-2-13(1)17-18-14-3-7-16(8-4-14)21-11-12-22-16/h1-12H2. The van der Waals surface area contributed by atoms with Gasteiger partial charge in [-0.1, -0.05) is 0 Å². The molecule has 0 unspecified atom stereocenters. The molecule has 2 aliphatic carbocycles. The maximum Gasteiger partial charge on any atom is 0.169 e. The molecular formula is C16H24N2O4. The van der Waals surface area contributed by atoms with E-state index in [0.717, 1.165) is 77.8 Å². The smallest absolute Gasteiger partial charge is 0.169 e. The minimum atomic E-state index is -0.319. The number of hydrogen-bond acceptors (Lipinski definition) is 6. The average molecular weight is 308 g/mol. The molecule has 0 aromatic carbocycles. The second-order valence-electron chi connectivity index (χ2n) is 6.55. The third-order valence-electron chi connectivity index (χ3n) is 5.14. The van der Waals surface area contributed by atoms with Crippen LogP contribution in [0.15, 0.2) is 10.2 Å². The molecule has 4 fully saturated rings. The summed E-state index contributed by atoms with van der Waals surface area (Å²) in [5, 5.41) is 8.98. The fraction of sp³-hybridized carbons (Fsp3) is 0.875. The molecule has 2 aliphatic heterocycles. The third-order valence-corrected chi connectivity index (χ3v) is 5.14. The molecule has 0 aromatic heterocycles. The largest absolute Gasteiger partial charge is 0.348 e. The summed E-state index contributed by atoms with van der Waals surface area (Å²) in [6.45, 7) is 2.89. The van der Waals surface area contributed by atoms with Crippen molar-refractivity contribution in [2.24, 2.45) is 10.2 Å². The number of hydrogen-bond donors (Lipinski definition) is 0. The summed E-state index contributed by atoms with van der Waals surface area (Å²) in [7, 11) is 0. The first-order chi connectivity index (χ1) is 10.8. The monoisotopic (exact) mass is 308 g/mol. The summed E-state index contributed by atoms with van der Waals surface area (Å²) < 4.78 is 22.9. The Labute approximate surface area is 130 Å². The molecule has 0 amide bonds. The van der Waals surface area contributed by atoms with Crippen LogP contribution in [0.25, 0.3) is 0 Å². The lowest BCUT2D eigenvalue weighted by atomic mass is 9.92. The van der Waals surface area contributed by atoms with Crippen molar-refractivity contribution in [3.63, 3.8) is 0 Å². The lowest BCUT2D eigenvalue weighted by Gasteiger charge is -2.32. The highest BCUT2D eigenvalue weighted by Gasteiger charge is 2.40. The molecule has 6 nitrogen and oxygen atoms in total. The highest BCUT2D eigenvalue weighted by atomic mass is 16.7. The lowest BCUT2D eigenvalue weighted by molar-refractivity contribution is -0.168. The van der Waals surface area contributed by atoms with Crippen molar-refractivity contribution in [1.82, 2.24) is 0 Å². The predicted octanol–water partition coefficient (Wildman–Crippen LogP) is 2.42. The molecule has 122 valence electrons. The van der Waals surface area contributed by atoms with E-state index < -0.39 is 0 Å². The van der Waals surface area contributed by atoms with Crippen LogP contribution < -0.4 is 0 Å². The molecular weight excluding hydrogens is 284 g/mol. The van der Waals surface area contributed by atoms with Crippen LogP contribution in [0.3, 0.4) is 0 Å². The fourth-order valence-corrected chi connectivity index (χ4v) is 3.75. The maximum absolute atomic E-state index is 5.74. The molecule has 2 spiro atoms. The van der Waals surface area contributed by atoms with E-state index in [1.165, 1.54) is 11.4 Å². The Balaban J connectivity index is 1.30. The topological polar surface area (TPSA) is 61.6 Å². The molecule has 0 aromatic rings. The van der Waals surface area contributed by atoms with E-state index in [4.69, 9.17) is 18.9 Å². The minimum absolute atomic E-state index is 0.319. The van der Waals surface area contributed by atoms with E-state index in [-0.39, 0.29) is 11.6 Å². The molecule has 0 bridgehead atoms. The van der Waals surface area contributed by atoms with Gasteiger partial charge in [-0.15, -0.1) is 0 Å². The Kier molecular flexibility index (Phi) is 4.02. The van der Waals surface area contributed by atoms with Gasteiger partial charge in [0.15, 0.2) is 11.6 Å². The molecule has 22 heavy (non-hydrogen) atoms. The number of nitrogens with zero attached hydrogens (tertiary/aromatic N) is 2. The summed E-state index contributed by atoms with van der Waals surface area (Å²) in [5.41, 5.74) is 2.34. The van der Waals surface area contributed by atoms with Crippen LogP contribution >= 0.6 is 0 Å². The molecule has 0 atom stereocenters. The summed E-state index contributed by atoms with van der Waals surface area (Å²) in [4.78, 5) is 0. The zero-order valence-electron chi connectivity index (χ0n) is 13.0. The lowest BCUT2D eigenvalue weighted by Crippen LogP contribution is -2.35. The van der Waals surface area contributed by atoms with Gasteiger partial charge in [-0.05, 0) is 25.7 Å². The van der Waals surface area contributed by atoms with Gasteiger partial charge in [-0.3, -0.25) is 0 Å². The van der Waals surface area contributed by atoms with Crippen molar-refractivity contribution in [2.75, 3.05) is 26.4 Å². The molecule has 2 heterocycles. The van der Waals surface area contributed by atoms with Gasteiger partial charge in [0.2, 0.25) is 0 Å². The van der Waals surface area contributed by atoms with Crippen molar-refractivity contribution in [3.8, 4) is 0 Å². The molecule has 4 aliphatic rings. The van der Waals surface area contributed by atoms with Gasteiger partial charge in [0.25, 0.3) is 0 Å². The van der Waals surface area contributed by atoms with Gasteiger partial charge < -0.3 is 18.9 Å². The Morgan fingerprint density at radius 2 is 0.864 bits per heavy atom. The van der Waals surface area contributed by atoms with Gasteiger partial charge >= 0.3 is 0 Å². The SMILES string of the molecule is C1COC2(CCC(=NN=C3CCC4(CC3)OCCO4)CC2)O1. The van der Waals surface area contributed by atoms with E-state index in [2.05, 4.69) is 10.2 Å². The predicted molar refractivity (Wildman–Crippen MR) is 81.1 cm³/mol. The van der Waals surface area contributed by atoms with Crippen LogP contribution in [0.2, 0.25) is 0 Å². The zero-order chi connectivity index (χ0) is 14.9. The van der Waals surface area contributed by atoms with Gasteiger partial charge in [0.05, 0.1) is 26.4 Å². The van der Waals surface area contributed by atoms with E-state index in [9.17, 15) is 0 Å². The molecule has 2 saturated carbocycles. The fourth-order valence-electron chi connectivity index (χ4n) is 3.75. The van der Waals surface area contributed by atoms with Gasteiger partial charge in [0.1, 0.15) is 0 Å². The van der Waals surface area contributed by atoms with Crippen molar-refractivity contribution in [1.29, 1.82) is 0 Å². The first-order valence-corrected chi connectivity index (χ1v) is 8.45. The third kappa shape index (κ3) is 2.97. The quantitative estimate of drug-likeness (QED) is 0.698. The van der Waals surface area contributed by atoms with Crippen LogP contribution in [-0.2, 0) is 18.9 Å².